The van der Waals surface area contributed by atoms with E-state index in [0.29, 0.717) is 24.4 Å². The fourth-order valence-corrected chi connectivity index (χ4v) is 4.59. The third kappa shape index (κ3) is 4.19. The Bertz CT molecular complexity index is 1250. The normalized spacial score (nSPS) is 15.9. The summed E-state index contributed by atoms with van der Waals surface area (Å²) in [4.78, 5) is 34.8. The van der Waals surface area contributed by atoms with Crippen molar-refractivity contribution in [3.63, 3.8) is 0 Å². The Morgan fingerprint density at radius 3 is 2.32 bits per heavy atom. The second-order valence-electron chi connectivity index (χ2n) is 8.91. The Morgan fingerprint density at radius 2 is 1.62 bits per heavy atom. The van der Waals surface area contributed by atoms with Crippen LogP contribution in [0, 0.1) is 0 Å². The molecule has 0 radical (unpaired) electrons. The summed E-state index contributed by atoms with van der Waals surface area (Å²) < 4.78 is 5.77. The maximum atomic E-state index is 13.7. The van der Waals surface area contributed by atoms with Gasteiger partial charge in [-0.3, -0.25) is 19.5 Å². The largest absolute Gasteiger partial charge is 0.491 e. The van der Waals surface area contributed by atoms with Crippen LogP contribution in [0.4, 0.5) is 0 Å². The maximum absolute atomic E-state index is 13.7. The van der Waals surface area contributed by atoms with Gasteiger partial charge in [0.15, 0.2) is 0 Å². The van der Waals surface area contributed by atoms with Crippen LogP contribution in [0.2, 0.25) is 0 Å². The molecule has 2 aliphatic heterocycles. The zero-order valence-corrected chi connectivity index (χ0v) is 19.4. The Labute approximate surface area is 199 Å². The molecule has 0 unspecified atom stereocenters. The number of carbonyl (C=O) groups is 2. The van der Waals surface area contributed by atoms with Gasteiger partial charge in [0, 0.05) is 25.5 Å². The van der Waals surface area contributed by atoms with Gasteiger partial charge in [0.25, 0.3) is 11.8 Å². The van der Waals surface area contributed by atoms with Crippen molar-refractivity contribution in [2.45, 2.75) is 39.5 Å². The summed E-state index contributed by atoms with van der Waals surface area (Å²) in [6, 6.07) is 19.4. The number of aromatic nitrogens is 1. The van der Waals surface area contributed by atoms with E-state index in [9.17, 15) is 9.59 Å². The SMILES string of the molecule is CC(C)Oc1ccc(C2=C(N3CCc4ccccc4C3)C(=O)N(Cc3ccncc3)C2=O)cc1. The van der Waals surface area contributed by atoms with Crippen LogP contribution in [0.5, 0.6) is 5.75 Å². The van der Waals surface area contributed by atoms with Gasteiger partial charge >= 0.3 is 0 Å². The van der Waals surface area contributed by atoms with Gasteiger partial charge in [-0.15, -0.1) is 0 Å². The molecule has 0 bridgehead atoms. The van der Waals surface area contributed by atoms with Gasteiger partial charge in [-0.25, -0.2) is 0 Å². The van der Waals surface area contributed by atoms with E-state index in [-0.39, 0.29) is 24.5 Å². The van der Waals surface area contributed by atoms with E-state index in [2.05, 4.69) is 22.0 Å². The predicted octanol–water partition coefficient (Wildman–Crippen LogP) is 4.21. The average molecular weight is 454 g/mol. The fourth-order valence-electron chi connectivity index (χ4n) is 4.59. The van der Waals surface area contributed by atoms with Gasteiger partial charge in [0.1, 0.15) is 11.4 Å². The van der Waals surface area contributed by atoms with Crippen LogP contribution in [0.25, 0.3) is 5.57 Å². The second kappa shape index (κ2) is 9.14. The molecule has 6 nitrogen and oxygen atoms in total. The van der Waals surface area contributed by atoms with E-state index in [4.69, 9.17) is 4.74 Å². The molecule has 0 N–H and O–H groups in total. The van der Waals surface area contributed by atoms with Crippen LogP contribution >= 0.6 is 0 Å². The molecule has 0 fully saturated rings. The van der Waals surface area contributed by atoms with Crippen molar-refractivity contribution in [2.24, 2.45) is 0 Å². The molecule has 34 heavy (non-hydrogen) atoms. The molecule has 1 aromatic heterocycles. The lowest BCUT2D eigenvalue weighted by atomic mass is 9.98. The first-order valence-corrected chi connectivity index (χ1v) is 11.6. The first kappa shape index (κ1) is 21.9. The molecule has 0 saturated heterocycles. The monoisotopic (exact) mass is 453 g/mol. The number of hydrogen-bond donors (Lipinski definition) is 0. The number of rotatable bonds is 6. The molecule has 0 aliphatic carbocycles. The summed E-state index contributed by atoms with van der Waals surface area (Å²) in [5.41, 5.74) is 5.00. The van der Waals surface area contributed by atoms with Crippen molar-refractivity contribution in [3.05, 3.63) is 101 Å². The number of ether oxygens (including phenoxy) is 1. The van der Waals surface area contributed by atoms with E-state index >= 15 is 0 Å². The fraction of sp³-hybridized carbons (Fsp3) is 0.250. The number of fused-ring (bicyclic) bond motifs is 1. The number of amides is 2. The number of pyridine rings is 1. The third-order valence-electron chi connectivity index (χ3n) is 6.20. The molecule has 2 aliphatic rings. The molecular formula is C28H27N3O3. The van der Waals surface area contributed by atoms with E-state index in [1.807, 2.05) is 62.4 Å². The standard InChI is InChI=1S/C28H27N3O3/c1-19(2)34-24-9-7-22(8-10-24)25-26(30-16-13-21-5-3-4-6-23(21)18-30)28(33)31(27(25)32)17-20-11-14-29-15-12-20/h3-12,14-15,19H,13,16-18H2,1-2H3. The third-order valence-corrected chi connectivity index (χ3v) is 6.20. The molecule has 5 rings (SSSR count). The predicted molar refractivity (Wildman–Crippen MR) is 129 cm³/mol. The van der Waals surface area contributed by atoms with Crippen molar-refractivity contribution in [1.29, 1.82) is 0 Å². The second-order valence-corrected chi connectivity index (χ2v) is 8.91. The molecule has 3 heterocycles. The zero-order chi connectivity index (χ0) is 23.7. The zero-order valence-electron chi connectivity index (χ0n) is 19.4. The molecule has 0 spiro atoms. The lowest BCUT2D eigenvalue weighted by Gasteiger charge is -2.31. The van der Waals surface area contributed by atoms with E-state index in [0.717, 1.165) is 23.3 Å². The summed E-state index contributed by atoms with van der Waals surface area (Å²) in [5.74, 6) is 0.213. The van der Waals surface area contributed by atoms with Crippen LogP contribution in [0.1, 0.15) is 36.1 Å². The summed E-state index contributed by atoms with van der Waals surface area (Å²) >= 11 is 0. The number of nitrogens with zero attached hydrogens (tertiary/aromatic N) is 3. The number of hydrogen-bond acceptors (Lipinski definition) is 5. The Kier molecular flexibility index (Phi) is 5.88. The van der Waals surface area contributed by atoms with E-state index < -0.39 is 0 Å². The Balaban J connectivity index is 1.53. The van der Waals surface area contributed by atoms with Crippen LogP contribution in [-0.2, 0) is 29.1 Å². The van der Waals surface area contributed by atoms with Crippen LogP contribution in [0.3, 0.4) is 0 Å². The summed E-state index contributed by atoms with van der Waals surface area (Å²) in [6.07, 6.45) is 4.23. The molecule has 6 heteroatoms. The Morgan fingerprint density at radius 1 is 0.912 bits per heavy atom. The first-order valence-electron chi connectivity index (χ1n) is 11.6. The van der Waals surface area contributed by atoms with Crippen molar-refractivity contribution in [1.82, 2.24) is 14.8 Å². The molecule has 0 saturated carbocycles. The van der Waals surface area contributed by atoms with Crippen molar-refractivity contribution in [2.75, 3.05) is 6.54 Å². The number of imide groups is 1. The summed E-state index contributed by atoms with van der Waals surface area (Å²) in [5, 5.41) is 0. The highest BCUT2D eigenvalue weighted by Crippen LogP contribution is 2.35. The Hall–Kier alpha value is -3.93. The average Bonchev–Trinajstić information content (AvgIpc) is 3.09. The lowest BCUT2D eigenvalue weighted by molar-refractivity contribution is -0.138. The topological polar surface area (TPSA) is 62.7 Å². The van der Waals surface area contributed by atoms with Crippen LogP contribution in [0.15, 0.2) is 78.8 Å². The molecule has 172 valence electrons. The molecule has 2 aromatic carbocycles. The van der Waals surface area contributed by atoms with Crippen molar-refractivity contribution < 1.29 is 14.3 Å². The van der Waals surface area contributed by atoms with Crippen LogP contribution < -0.4 is 4.74 Å². The summed E-state index contributed by atoms with van der Waals surface area (Å²) in [7, 11) is 0. The highest BCUT2D eigenvalue weighted by atomic mass is 16.5. The molecular weight excluding hydrogens is 426 g/mol. The van der Waals surface area contributed by atoms with Crippen LogP contribution in [-0.4, -0.2) is 39.2 Å². The van der Waals surface area contributed by atoms with Gasteiger partial charge < -0.3 is 9.64 Å². The first-order chi connectivity index (χ1) is 16.5. The minimum Gasteiger partial charge on any atom is -0.491 e. The quantitative estimate of drug-likeness (QED) is 0.524. The number of benzene rings is 2. The minimum atomic E-state index is -0.270. The molecule has 3 aromatic rings. The van der Waals surface area contributed by atoms with E-state index in [1.165, 1.54) is 16.0 Å². The van der Waals surface area contributed by atoms with E-state index in [1.54, 1.807) is 12.4 Å². The maximum Gasteiger partial charge on any atom is 0.278 e. The molecule has 0 atom stereocenters. The highest BCUT2D eigenvalue weighted by molar-refractivity contribution is 6.35. The smallest absolute Gasteiger partial charge is 0.278 e. The van der Waals surface area contributed by atoms with Gasteiger partial charge in [-0.2, -0.15) is 0 Å². The van der Waals surface area contributed by atoms with Gasteiger partial charge in [0.2, 0.25) is 0 Å². The van der Waals surface area contributed by atoms with Crippen molar-refractivity contribution in [3.8, 4) is 5.75 Å². The highest BCUT2D eigenvalue weighted by Gasteiger charge is 2.42. The molecule has 2 amide bonds. The van der Waals surface area contributed by atoms with Gasteiger partial charge in [-0.1, -0.05) is 36.4 Å². The lowest BCUT2D eigenvalue weighted by Crippen LogP contribution is -2.37. The minimum absolute atomic E-state index is 0.0552. The van der Waals surface area contributed by atoms with Gasteiger partial charge in [-0.05, 0) is 66.8 Å². The number of carbonyl (C=O) groups excluding carboxylic acids is 2. The summed E-state index contributed by atoms with van der Waals surface area (Å²) in [6.45, 7) is 5.45. The van der Waals surface area contributed by atoms with Gasteiger partial charge in [0.05, 0.1) is 18.2 Å². The van der Waals surface area contributed by atoms with Crippen molar-refractivity contribution >= 4 is 17.4 Å².